The number of hydrogen-bond donors (Lipinski definition) is 2. The van der Waals surface area contributed by atoms with Crippen LogP contribution < -0.4 is 15.9 Å². The molecule has 0 spiro atoms. The quantitative estimate of drug-likeness (QED) is 0.229. The predicted octanol–water partition coefficient (Wildman–Crippen LogP) is 3.60. The van der Waals surface area contributed by atoms with Gasteiger partial charge in [-0.3, -0.25) is 4.79 Å². The summed E-state index contributed by atoms with van der Waals surface area (Å²) >= 11 is 1.33. The zero-order valence-electron chi connectivity index (χ0n) is 19.4. The zero-order chi connectivity index (χ0) is 24.9. The fourth-order valence-corrected chi connectivity index (χ4v) is 4.49. The van der Waals surface area contributed by atoms with Crippen LogP contribution in [-0.2, 0) is 23.4 Å². The number of rotatable bonds is 9. The van der Waals surface area contributed by atoms with Gasteiger partial charge in [0, 0.05) is 6.42 Å². The minimum Gasteiger partial charge on any atom is -0.495 e. The summed E-state index contributed by atoms with van der Waals surface area (Å²) < 4.78 is 12.0. The summed E-state index contributed by atoms with van der Waals surface area (Å²) in [6, 6.07) is 21.5. The number of hydrogen-bond acceptors (Lipinski definition) is 9. The third-order valence-corrected chi connectivity index (χ3v) is 6.43. The third kappa shape index (κ3) is 5.15. The summed E-state index contributed by atoms with van der Waals surface area (Å²) in [5.74, 6) is 8.19. The summed E-state index contributed by atoms with van der Waals surface area (Å²) in [5, 5.41) is 18.0. The highest BCUT2D eigenvalue weighted by Gasteiger charge is 2.16. The molecule has 5 aromatic rings. The van der Waals surface area contributed by atoms with Crippen molar-refractivity contribution in [2.45, 2.75) is 23.8 Å². The first kappa shape index (κ1) is 23.4. The number of methoxy groups -OCH3 is 1. The Balaban J connectivity index is 1.19. The van der Waals surface area contributed by atoms with Crippen LogP contribution in [0.25, 0.3) is 10.8 Å². The molecule has 0 aliphatic carbocycles. The molecule has 0 unspecified atom stereocenters. The van der Waals surface area contributed by atoms with Crippen LogP contribution in [0.2, 0.25) is 0 Å². The number of carbonyl (C=O) groups excluding carboxylic acids is 1. The highest BCUT2D eigenvalue weighted by molar-refractivity contribution is 7.98. The van der Waals surface area contributed by atoms with Gasteiger partial charge in [0.15, 0.2) is 11.6 Å². The van der Waals surface area contributed by atoms with Crippen molar-refractivity contribution in [3.63, 3.8) is 0 Å². The molecule has 3 N–H and O–H groups in total. The van der Waals surface area contributed by atoms with E-state index in [-0.39, 0.29) is 18.2 Å². The zero-order valence-corrected chi connectivity index (χ0v) is 20.2. The molecule has 0 fully saturated rings. The number of nitrogens with two attached hydrogens (primary N) is 1. The molecular formula is C25H23N7O3S. The van der Waals surface area contributed by atoms with Crippen LogP contribution in [0.3, 0.4) is 0 Å². The number of anilines is 1. The maximum Gasteiger partial charge on any atom is 0.237 e. The fourth-order valence-electron chi connectivity index (χ4n) is 3.78. The Hall–Kier alpha value is -4.38. The van der Waals surface area contributed by atoms with E-state index in [2.05, 4.69) is 49.9 Å². The lowest BCUT2D eigenvalue weighted by molar-refractivity contribution is -0.115. The molecule has 10 nitrogen and oxygen atoms in total. The van der Waals surface area contributed by atoms with E-state index in [1.54, 1.807) is 19.2 Å². The van der Waals surface area contributed by atoms with Crippen LogP contribution in [0.15, 0.2) is 76.4 Å². The predicted molar refractivity (Wildman–Crippen MR) is 136 cm³/mol. The average Bonchev–Trinajstić information content (AvgIpc) is 3.49. The maximum atomic E-state index is 12.4. The average molecular weight is 502 g/mol. The molecule has 11 heteroatoms. The van der Waals surface area contributed by atoms with Crippen molar-refractivity contribution in [3.8, 4) is 5.75 Å². The Labute approximate surface area is 210 Å². The van der Waals surface area contributed by atoms with Gasteiger partial charge in [-0.2, -0.15) is 4.98 Å². The van der Waals surface area contributed by atoms with Crippen molar-refractivity contribution >= 4 is 34.1 Å². The Morgan fingerprint density at radius 2 is 1.89 bits per heavy atom. The van der Waals surface area contributed by atoms with E-state index in [1.165, 1.54) is 16.4 Å². The van der Waals surface area contributed by atoms with Gasteiger partial charge in [0.05, 0.1) is 25.0 Å². The first-order valence-electron chi connectivity index (χ1n) is 11.1. The van der Waals surface area contributed by atoms with Gasteiger partial charge in [-0.15, -0.1) is 10.2 Å². The number of fused-ring (bicyclic) bond motifs is 1. The largest absolute Gasteiger partial charge is 0.495 e. The third-order valence-electron chi connectivity index (χ3n) is 5.50. The van der Waals surface area contributed by atoms with E-state index in [0.717, 1.165) is 16.3 Å². The maximum absolute atomic E-state index is 12.4. The number of benzene rings is 3. The lowest BCUT2D eigenvalue weighted by atomic mass is 10.0. The van der Waals surface area contributed by atoms with Gasteiger partial charge in [-0.1, -0.05) is 71.5 Å². The number of nitrogen functional groups attached to an aromatic ring is 1. The molecule has 182 valence electrons. The molecule has 0 atom stereocenters. The normalized spacial score (nSPS) is 11.0. The Morgan fingerprint density at radius 3 is 2.78 bits per heavy atom. The lowest BCUT2D eigenvalue weighted by Gasteiger charge is -2.08. The van der Waals surface area contributed by atoms with Gasteiger partial charge in [0.2, 0.25) is 17.0 Å². The molecular weight excluding hydrogens is 478 g/mol. The number of nitrogens with zero attached hydrogens (tertiary/aromatic N) is 5. The van der Waals surface area contributed by atoms with E-state index >= 15 is 0 Å². The Kier molecular flexibility index (Phi) is 6.80. The topological polar surface area (TPSA) is 134 Å². The highest BCUT2D eigenvalue weighted by Crippen LogP contribution is 2.25. The number of ether oxygens (including phenoxy) is 1. The van der Waals surface area contributed by atoms with E-state index in [0.29, 0.717) is 40.5 Å². The van der Waals surface area contributed by atoms with Crippen LogP contribution in [0.1, 0.15) is 23.1 Å². The van der Waals surface area contributed by atoms with Crippen LogP contribution >= 0.6 is 11.8 Å². The van der Waals surface area contributed by atoms with Gasteiger partial charge in [-0.05, 0) is 28.5 Å². The van der Waals surface area contributed by atoms with Crippen molar-refractivity contribution in [2.75, 3.05) is 18.3 Å². The van der Waals surface area contributed by atoms with Crippen molar-refractivity contribution < 1.29 is 14.1 Å². The number of nitrogens with one attached hydrogen (secondary N) is 1. The number of carbonyl (C=O) groups is 1. The monoisotopic (exact) mass is 501 g/mol. The molecule has 0 aliphatic heterocycles. The molecule has 3 aromatic carbocycles. The number of para-hydroxylation sites is 2. The van der Waals surface area contributed by atoms with Crippen LogP contribution in [-0.4, -0.2) is 38.0 Å². The van der Waals surface area contributed by atoms with Gasteiger partial charge in [0.25, 0.3) is 0 Å². The molecule has 5 rings (SSSR count). The van der Waals surface area contributed by atoms with Crippen molar-refractivity contribution in [3.05, 3.63) is 89.8 Å². The summed E-state index contributed by atoms with van der Waals surface area (Å²) in [4.78, 5) is 16.7. The van der Waals surface area contributed by atoms with Crippen molar-refractivity contribution in [1.82, 2.24) is 25.0 Å². The minimum absolute atomic E-state index is 0.0333. The summed E-state index contributed by atoms with van der Waals surface area (Å²) in [6.45, 7) is 0. The van der Waals surface area contributed by atoms with Gasteiger partial charge >= 0.3 is 0 Å². The van der Waals surface area contributed by atoms with E-state index < -0.39 is 0 Å². The SMILES string of the molecule is COc1ccccc1NC(=O)Cc1noc(CSc2nnc(Cc3cccc4ccccc34)n2N)n1. The second kappa shape index (κ2) is 10.5. The standard InChI is InChI=1S/C25H23N7O3S/c1-34-20-12-5-4-11-19(20)27-23(33)14-21-28-24(35-31-21)15-36-25-30-29-22(32(25)26)13-17-9-6-8-16-7-2-3-10-18(16)17/h2-12H,13-15,26H2,1H3,(H,27,33). The summed E-state index contributed by atoms with van der Waals surface area (Å²) in [7, 11) is 1.54. The van der Waals surface area contributed by atoms with Crippen LogP contribution in [0.5, 0.6) is 5.75 Å². The molecule has 2 aromatic heterocycles. The van der Waals surface area contributed by atoms with Gasteiger partial charge in [-0.25, -0.2) is 4.68 Å². The Morgan fingerprint density at radius 1 is 1.08 bits per heavy atom. The molecule has 0 aliphatic rings. The lowest BCUT2D eigenvalue weighted by Crippen LogP contribution is -2.15. The minimum atomic E-state index is -0.278. The number of aromatic nitrogens is 5. The first-order chi connectivity index (χ1) is 17.6. The molecule has 36 heavy (non-hydrogen) atoms. The first-order valence-corrected chi connectivity index (χ1v) is 12.1. The smallest absolute Gasteiger partial charge is 0.237 e. The second-order valence-electron chi connectivity index (χ2n) is 7.90. The van der Waals surface area contributed by atoms with Crippen molar-refractivity contribution in [1.29, 1.82) is 0 Å². The van der Waals surface area contributed by atoms with E-state index in [1.807, 2.05) is 30.3 Å². The number of thioether (sulfide) groups is 1. The molecule has 2 heterocycles. The molecule has 0 saturated carbocycles. The van der Waals surface area contributed by atoms with Crippen LogP contribution in [0, 0.1) is 0 Å². The van der Waals surface area contributed by atoms with Crippen molar-refractivity contribution in [2.24, 2.45) is 0 Å². The summed E-state index contributed by atoms with van der Waals surface area (Å²) in [5.41, 5.74) is 1.70. The molecule has 1 amide bonds. The molecule has 0 bridgehead atoms. The van der Waals surface area contributed by atoms with E-state index in [9.17, 15) is 4.79 Å². The van der Waals surface area contributed by atoms with Crippen LogP contribution in [0.4, 0.5) is 5.69 Å². The number of amides is 1. The summed E-state index contributed by atoms with van der Waals surface area (Å²) in [6.07, 6.45) is 0.520. The second-order valence-corrected chi connectivity index (χ2v) is 8.84. The molecule has 0 saturated heterocycles. The highest BCUT2D eigenvalue weighted by atomic mass is 32.2. The van der Waals surface area contributed by atoms with Gasteiger partial charge in [0.1, 0.15) is 5.75 Å². The van der Waals surface area contributed by atoms with E-state index in [4.69, 9.17) is 15.1 Å². The fraction of sp³-hybridized carbons (Fsp3) is 0.160. The molecule has 0 radical (unpaired) electrons. The van der Waals surface area contributed by atoms with Gasteiger partial charge < -0.3 is 20.4 Å². The Bertz CT molecular complexity index is 1510.